The number of aromatic nitrogens is 1. The smallest absolute Gasteiger partial charge is 0.122 e. The fourth-order valence-electron chi connectivity index (χ4n) is 2.97. The van der Waals surface area contributed by atoms with Crippen LogP contribution in [0.5, 0.6) is 0 Å². The third-order valence-electron chi connectivity index (χ3n) is 4.35. The summed E-state index contributed by atoms with van der Waals surface area (Å²) in [5, 5.41) is 6.94. The van der Waals surface area contributed by atoms with Crippen LogP contribution in [0, 0.1) is 5.92 Å². The second kappa shape index (κ2) is 6.98. The summed E-state index contributed by atoms with van der Waals surface area (Å²) < 4.78 is 11.1. The van der Waals surface area contributed by atoms with Crippen molar-refractivity contribution in [1.82, 2.24) is 10.3 Å². The summed E-state index contributed by atoms with van der Waals surface area (Å²) in [6.07, 6.45) is 4.89. The average molecular weight is 296 g/mol. The van der Waals surface area contributed by atoms with E-state index in [1.807, 2.05) is 0 Å². The average Bonchev–Trinajstić information content (AvgIpc) is 3.16. The summed E-state index contributed by atoms with van der Waals surface area (Å²) in [6, 6.07) is 0.534. The highest BCUT2D eigenvalue weighted by Crippen LogP contribution is 2.30. The van der Waals surface area contributed by atoms with Gasteiger partial charge in [0.1, 0.15) is 11.1 Å². The van der Waals surface area contributed by atoms with Crippen molar-refractivity contribution in [2.45, 2.75) is 51.3 Å². The Balaban J connectivity index is 1.47. The van der Waals surface area contributed by atoms with Crippen LogP contribution in [0.15, 0.2) is 5.38 Å². The molecule has 2 aliphatic heterocycles. The monoisotopic (exact) mass is 296 g/mol. The Kier molecular flexibility index (Phi) is 5.04. The molecule has 20 heavy (non-hydrogen) atoms. The number of nitrogens with zero attached hydrogens (tertiary/aromatic N) is 1. The van der Waals surface area contributed by atoms with Gasteiger partial charge in [-0.3, -0.25) is 0 Å². The summed E-state index contributed by atoms with van der Waals surface area (Å²) in [5.41, 5.74) is 1.15. The van der Waals surface area contributed by atoms with Crippen LogP contribution in [-0.2, 0) is 16.0 Å². The molecule has 2 atom stereocenters. The standard InChI is InChI=1S/C15H24N2O2S/c1-11(12-4-7-18-8-5-12)16-9-13-10-20-15(17-13)14-3-2-6-19-14/h10-12,14,16H,2-9H2,1H3/t11-,14-/m1/s1. The van der Waals surface area contributed by atoms with Crippen molar-refractivity contribution in [2.75, 3.05) is 19.8 Å². The van der Waals surface area contributed by atoms with Crippen molar-refractivity contribution >= 4 is 11.3 Å². The van der Waals surface area contributed by atoms with Gasteiger partial charge in [-0.1, -0.05) is 0 Å². The van der Waals surface area contributed by atoms with Crippen molar-refractivity contribution < 1.29 is 9.47 Å². The Morgan fingerprint density at radius 2 is 2.20 bits per heavy atom. The minimum atomic E-state index is 0.252. The summed E-state index contributed by atoms with van der Waals surface area (Å²) in [6.45, 7) is 5.86. The molecule has 0 amide bonds. The number of nitrogens with one attached hydrogen (secondary N) is 1. The zero-order valence-electron chi connectivity index (χ0n) is 12.1. The first kappa shape index (κ1) is 14.4. The van der Waals surface area contributed by atoms with Gasteiger partial charge < -0.3 is 14.8 Å². The zero-order chi connectivity index (χ0) is 13.8. The lowest BCUT2D eigenvalue weighted by Crippen LogP contribution is -2.36. The van der Waals surface area contributed by atoms with Gasteiger partial charge in [0.05, 0.1) is 5.69 Å². The molecule has 3 rings (SSSR count). The third-order valence-corrected chi connectivity index (χ3v) is 5.34. The highest BCUT2D eigenvalue weighted by atomic mass is 32.1. The van der Waals surface area contributed by atoms with Gasteiger partial charge in [0, 0.05) is 37.8 Å². The van der Waals surface area contributed by atoms with E-state index in [9.17, 15) is 0 Å². The second-order valence-electron chi connectivity index (χ2n) is 5.80. The fourth-order valence-corrected chi connectivity index (χ4v) is 3.87. The molecule has 0 aliphatic carbocycles. The molecular weight excluding hydrogens is 272 g/mol. The molecule has 0 aromatic carbocycles. The third kappa shape index (κ3) is 3.58. The molecule has 1 aromatic rings. The van der Waals surface area contributed by atoms with Crippen molar-refractivity contribution in [3.63, 3.8) is 0 Å². The highest BCUT2D eigenvalue weighted by Gasteiger charge is 2.22. The Hall–Kier alpha value is -0.490. The summed E-state index contributed by atoms with van der Waals surface area (Å²) in [5.74, 6) is 0.736. The molecule has 5 heteroatoms. The molecular formula is C15H24N2O2S. The predicted molar refractivity (Wildman–Crippen MR) is 79.9 cm³/mol. The lowest BCUT2D eigenvalue weighted by Gasteiger charge is -2.28. The molecule has 2 aliphatic rings. The summed E-state index contributed by atoms with van der Waals surface area (Å²) in [4.78, 5) is 4.72. The minimum absolute atomic E-state index is 0.252. The van der Waals surface area contributed by atoms with Crippen LogP contribution in [0.2, 0.25) is 0 Å². The van der Waals surface area contributed by atoms with Crippen molar-refractivity contribution in [2.24, 2.45) is 5.92 Å². The lowest BCUT2D eigenvalue weighted by atomic mass is 9.93. The SMILES string of the molecule is C[C@@H](NCc1csc([C@H]2CCCO2)n1)C1CCOCC1. The highest BCUT2D eigenvalue weighted by molar-refractivity contribution is 7.09. The quantitative estimate of drug-likeness (QED) is 0.907. The van der Waals surface area contributed by atoms with Gasteiger partial charge >= 0.3 is 0 Å². The predicted octanol–water partition coefficient (Wildman–Crippen LogP) is 2.90. The first-order valence-electron chi connectivity index (χ1n) is 7.70. The first-order valence-corrected chi connectivity index (χ1v) is 8.58. The molecule has 2 saturated heterocycles. The van der Waals surface area contributed by atoms with Gasteiger partial charge in [-0.25, -0.2) is 4.98 Å². The second-order valence-corrected chi connectivity index (χ2v) is 6.69. The van der Waals surface area contributed by atoms with E-state index >= 15 is 0 Å². The Bertz CT molecular complexity index is 412. The van der Waals surface area contributed by atoms with Crippen LogP contribution in [-0.4, -0.2) is 30.8 Å². The molecule has 0 saturated carbocycles. The van der Waals surface area contributed by atoms with Crippen LogP contribution < -0.4 is 5.32 Å². The molecule has 1 N–H and O–H groups in total. The normalized spacial score (nSPS) is 25.9. The lowest BCUT2D eigenvalue weighted by molar-refractivity contribution is 0.0557. The van der Waals surface area contributed by atoms with Gasteiger partial charge in [-0.05, 0) is 38.5 Å². The molecule has 0 bridgehead atoms. The van der Waals surface area contributed by atoms with E-state index < -0.39 is 0 Å². The Labute approximate surface area is 124 Å². The van der Waals surface area contributed by atoms with E-state index in [-0.39, 0.29) is 6.10 Å². The molecule has 0 radical (unpaired) electrons. The van der Waals surface area contributed by atoms with E-state index in [1.165, 1.54) is 19.3 Å². The van der Waals surface area contributed by atoms with Gasteiger partial charge in [0.15, 0.2) is 0 Å². The molecule has 4 nitrogen and oxygen atoms in total. The Morgan fingerprint density at radius 3 is 2.95 bits per heavy atom. The number of ether oxygens (including phenoxy) is 2. The number of rotatable bonds is 5. The Morgan fingerprint density at radius 1 is 1.35 bits per heavy atom. The molecule has 0 unspecified atom stereocenters. The van der Waals surface area contributed by atoms with Crippen LogP contribution in [0.1, 0.15) is 49.4 Å². The molecule has 1 aromatic heterocycles. The largest absolute Gasteiger partial charge is 0.381 e. The maximum atomic E-state index is 5.69. The van der Waals surface area contributed by atoms with E-state index in [0.717, 1.165) is 49.4 Å². The van der Waals surface area contributed by atoms with Crippen molar-refractivity contribution in [3.8, 4) is 0 Å². The van der Waals surface area contributed by atoms with Crippen molar-refractivity contribution in [3.05, 3.63) is 16.1 Å². The van der Waals surface area contributed by atoms with E-state index in [4.69, 9.17) is 14.5 Å². The topological polar surface area (TPSA) is 43.4 Å². The van der Waals surface area contributed by atoms with E-state index in [0.29, 0.717) is 6.04 Å². The van der Waals surface area contributed by atoms with E-state index in [2.05, 4.69) is 17.6 Å². The zero-order valence-corrected chi connectivity index (χ0v) is 13.0. The fraction of sp³-hybridized carbons (Fsp3) is 0.800. The van der Waals surface area contributed by atoms with Crippen LogP contribution in [0.3, 0.4) is 0 Å². The van der Waals surface area contributed by atoms with Crippen molar-refractivity contribution in [1.29, 1.82) is 0 Å². The van der Waals surface area contributed by atoms with Crippen LogP contribution >= 0.6 is 11.3 Å². The van der Waals surface area contributed by atoms with Gasteiger partial charge in [0.2, 0.25) is 0 Å². The number of thiazole rings is 1. The summed E-state index contributed by atoms with van der Waals surface area (Å²) >= 11 is 1.74. The minimum Gasteiger partial charge on any atom is -0.381 e. The maximum absolute atomic E-state index is 5.69. The molecule has 3 heterocycles. The number of hydrogen-bond acceptors (Lipinski definition) is 5. The first-order chi connectivity index (χ1) is 9.83. The van der Waals surface area contributed by atoms with Crippen LogP contribution in [0.4, 0.5) is 0 Å². The van der Waals surface area contributed by atoms with Gasteiger partial charge in [0.25, 0.3) is 0 Å². The van der Waals surface area contributed by atoms with Gasteiger partial charge in [-0.2, -0.15) is 0 Å². The van der Waals surface area contributed by atoms with E-state index in [1.54, 1.807) is 11.3 Å². The number of hydrogen-bond donors (Lipinski definition) is 1. The summed E-state index contributed by atoms with van der Waals surface area (Å²) in [7, 11) is 0. The molecule has 112 valence electrons. The maximum Gasteiger partial charge on any atom is 0.122 e. The van der Waals surface area contributed by atoms with Gasteiger partial charge in [-0.15, -0.1) is 11.3 Å². The van der Waals surface area contributed by atoms with Crippen LogP contribution in [0.25, 0.3) is 0 Å². The molecule has 0 spiro atoms. The molecule has 2 fully saturated rings.